The minimum absolute atomic E-state index is 0.0186. The summed E-state index contributed by atoms with van der Waals surface area (Å²) < 4.78 is 17.9. The van der Waals surface area contributed by atoms with Crippen LogP contribution in [0.15, 0.2) is 66.9 Å². The van der Waals surface area contributed by atoms with E-state index in [9.17, 15) is 19.1 Å². The van der Waals surface area contributed by atoms with Crippen LogP contribution in [-0.2, 0) is 11.2 Å². The molecule has 2 aromatic carbocycles. The van der Waals surface area contributed by atoms with Crippen molar-refractivity contribution < 1.29 is 23.8 Å². The number of benzene rings is 2. The Balaban J connectivity index is 1.73. The highest BCUT2D eigenvalue weighted by atomic mass is 19.1. The molecule has 166 valence electrons. The number of carbonyl (C=O) groups is 2. The minimum atomic E-state index is -0.877. The number of nitrogens with one attached hydrogen (secondary N) is 2. The van der Waals surface area contributed by atoms with Crippen LogP contribution in [0.1, 0.15) is 21.6 Å². The third kappa shape index (κ3) is 4.87. The van der Waals surface area contributed by atoms with Gasteiger partial charge in [-0.2, -0.15) is 0 Å². The number of methoxy groups -OCH3 is 1. The molecule has 0 aliphatic rings. The van der Waals surface area contributed by atoms with Crippen molar-refractivity contribution in [3.05, 3.63) is 89.5 Å². The zero-order valence-electron chi connectivity index (χ0n) is 17.5. The van der Waals surface area contributed by atoms with Gasteiger partial charge in [-0.15, -0.1) is 0 Å². The Labute approximate surface area is 188 Å². The average Bonchev–Trinajstić information content (AvgIpc) is 2.82. The Bertz CT molecular complexity index is 1330. The number of hydrogen-bond donors (Lipinski definition) is 3. The minimum Gasteiger partial charge on any atom is -0.504 e. The number of rotatable bonds is 5. The van der Waals surface area contributed by atoms with Crippen LogP contribution in [0.3, 0.4) is 0 Å². The summed E-state index contributed by atoms with van der Waals surface area (Å²) in [5.41, 5.74) is 1.83. The Morgan fingerprint density at radius 3 is 2.45 bits per heavy atom. The van der Waals surface area contributed by atoms with Gasteiger partial charge in [-0.05, 0) is 47.9 Å². The predicted molar refractivity (Wildman–Crippen MR) is 121 cm³/mol. The van der Waals surface area contributed by atoms with Gasteiger partial charge in [0.2, 0.25) is 0 Å². The summed E-state index contributed by atoms with van der Waals surface area (Å²) in [7, 11) is 1.15. The van der Waals surface area contributed by atoms with E-state index in [1.165, 1.54) is 18.3 Å². The lowest BCUT2D eigenvalue weighted by molar-refractivity contribution is 0.0591. The first-order valence-corrected chi connectivity index (χ1v) is 9.92. The smallest absolute Gasteiger partial charge is 0.360 e. The average molecular weight is 446 g/mol. The standard InChI is InChI=1S/C24H19FN4O4/c1-33-23(31)20-21(30)19-18(12-15(13-26-19)11-14-7-9-16(25)10-8-14)22(28-20)29-24(32)27-17-5-3-2-4-6-17/h2-10,12-13,30H,11H2,1H3,(H2,27,28,29,32). The highest BCUT2D eigenvalue weighted by Crippen LogP contribution is 2.32. The fourth-order valence-electron chi connectivity index (χ4n) is 3.27. The maximum atomic E-state index is 13.2. The summed E-state index contributed by atoms with van der Waals surface area (Å²) in [4.78, 5) is 33.1. The van der Waals surface area contributed by atoms with Crippen LogP contribution >= 0.6 is 0 Å². The molecule has 0 atom stereocenters. The number of anilines is 2. The highest BCUT2D eigenvalue weighted by molar-refractivity contribution is 6.08. The quantitative estimate of drug-likeness (QED) is 0.389. The monoisotopic (exact) mass is 446 g/mol. The van der Waals surface area contributed by atoms with E-state index in [2.05, 4.69) is 25.3 Å². The lowest BCUT2D eigenvalue weighted by atomic mass is 10.0. The number of urea groups is 1. The molecule has 0 spiro atoms. The molecule has 4 rings (SSSR count). The largest absolute Gasteiger partial charge is 0.504 e. The zero-order valence-corrected chi connectivity index (χ0v) is 17.5. The SMILES string of the molecule is COC(=O)c1nc(NC(=O)Nc2ccccc2)c2cc(Cc3ccc(F)cc3)cnc2c1O. The van der Waals surface area contributed by atoms with Gasteiger partial charge in [-0.3, -0.25) is 10.3 Å². The number of ether oxygens (including phenoxy) is 1. The van der Waals surface area contributed by atoms with Gasteiger partial charge in [-0.1, -0.05) is 30.3 Å². The molecule has 0 aliphatic heterocycles. The Morgan fingerprint density at radius 1 is 1.03 bits per heavy atom. The van der Waals surface area contributed by atoms with E-state index in [1.807, 2.05) is 6.07 Å². The number of aromatic hydroxyl groups is 1. The number of amides is 2. The topological polar surface area (TPSA) is 113 Å². The summed E-state index contributed by atoms with van der Waals surface area (Å²) in [6.45, 7) is 0. The van der Waals surface area contributed by atoms with E-state index < -0.39 is 17.7 Å². The molecule has 0 saturated heterocycles. The number of carbonyl (C=O) groups excluding carboxylic acids is 2. The van der Waals surface area contributed by atoms with Gasteiger partial charge in [0.15, 0.2) is 11.4 Å². The van der Waals surface area contributed by atoms with Crippen LogP contribution in [0.2, 0.25) is 0 Å². The molecule has 2 heterocycles. The normalized spacial score (nSPS) is 10.6. The van der Waals surface area contributed by atoms with Crippen LogP contribution in [0, 0.1) is 5.82 Å². The summed E-state index contributed by atoms with van der Waals surface area (Å²) >= 11 is 0. The van der Waals surface area contributed by atoms with Crippen molar-refractivity contribution in [2.75, 3.05) is 17.7 Å². The van der Waals surface area contributed by atoms with Crippen LogP contribution in [0.25, 0.3) is 10.9 Å². The molecule has 2 amide bonds. The maximum absolute atomic E-state index is 13.2. The number of hydrogen-bond acceptors (Lipinski definition) is 6. The number of pyridine rings is 2. The second-order valence-electron chi connectivity index (χ2n) is 7.14. The van der Waals surface area contributed by atoms with Crippen LogP contribution in [-0.4, -0.2) is 34.2 Å². The molecule has 9 heteroatoms. The fourth-order valence-corrected chi connectivity index (χ4v) is 3.27. The van der Waals surface area contributed by atoms with Gasteiger partial charge in [0, 0.05) is 17.3 Å². The van der Waals surface area contributed by atoms with Crippen LogP contribution in [0.5, 0.6) is 5.75 Å². The Morgan fingerprint density at radius 2 is 1.76 bits per heavy atom. The van der Waals surface area contributed by atoms with Gasteiger partial charge < -0.3 is 15.2 Å². The van der Waals surface area contributed by atoms with Crippen LogP contribution in [0.4, 0.5) is 20.7 Å². The molecule has 0 aliphatic carbocycles. The summed E-state index contributed by atoms with van der Waals surface area (Å²) in [5, 5.41) is 16.2. The molecule has 0 radical (unpaired) electrons. The molecule has 3 N–H and O–H groups in total. The Kier molecular flexibility index (Phi) is 6.12. The lowest BCUT2D eigenvalue weighted by Gasteiger charge is -2.13. The lowest BCUT2D eigenvalue weighted by Crippen LogP contribution is -2.21. The molecule has 0 unspecified atom stereocenters. The second kappa shape index (κ2) is 9.31. The molecule has 0 bridgehead atoms. The van der Waals surface area contributed by atoms with Crippen molar-refractivity contribution >= 4 is 34.4 Å². The number of halogens is 1. The first-order chi connectivity index (χ1) is 15.9. The van der Waals surface area contributed by atoms with Gasteiger partial charge in [0.05, 0.1) is 7.11 Å². The first-order valence-electron chi connectivity index (χ1n) is 9.92. The van der Waals surface area contributed by atoms with Crippen molar-refractivity contribution in [1.29, 1.82) is 0 Å². The molecule has 8 nitrogen and oxygen atoms in total. The molecular formula is C24H19FN4O4. The van der Waals surface area contributed by atoms with Gasteiger partial charge >= 0.3 is 12.0 Å². The van der Waals surface area contributed by atoms with E-state index in [0.717, 1.165) is 18.2 Å². The molecule has 2 aromatic heterocycles. The van der Waals surface area contributed by atoms with E-state index in [-0.39, 0.29) is 22.8 Å². The van der Waals surface area contributed by atoms with E-state index in [1.54, 1.807) is 42.5 Å². The number of nitrogens with zero attached hydrogens (tertiary/aromatic N) is 2. The zero-order chi connectivity index (χ0) is 23.4. The number of para-hydroxylation sites is 1. The highest BCUT2D eigenvalue weighted by Gasteiger charge is 2.22. The van der Waals surface area contributed by atoms with Crippen molar-refractivity contribution in [3.8, 4) is 5.75 Å². The number of fused-ring (bicyclic) bond motifs is 1. The maximum Gasteiger partial charge on any atom is 0.360 e. The molecule has 33 heavy (non-hydrogen) atoms. The third-order valence-electron chi connectivity index (χ3n) is 4.84. The van der Waals surface area contributed by atoms with E-state index >= 15 is 0 Å². The molecular weight excluding hydrogens is 427 g/mol. The Hall–Kier alpha value is -4.53. The summed E-state index contributed by atoms with van der Waals surface area (Å²) in [6, 6.07) is 15.9. The molecule has 0 saturated carbocycles. The third-order valence-corrected chi connectivity index (χ3v) is 4.84. The summed E-state index contributed by atoms with van der Waals surface area (Å²) in [6.07, 6.45) is 1.96. The van der Waals surface area contributed by atoms with E-state index in [0.29, 0.717) is 17.5 Å². The van der Waals surface area contributed by atoms with Gasteiger partial charge in [0.25, 0.3) is 0 Å². The van der Waals surface area contributed by atoms with Crippen molar-refractivity contribution in [2.24, 2.45) is 0 Å². The molecule has 0 fully saturated rings. The summed E-state index contributed by atoms with van der Waals surface area (Å²) in [5.74, 6) is -1.65. The number of aromatic nitrogens is 2. The van der Waals surface area contributed by atoms with Crippen LogP contribution < -0.4 is 10.6 Å². The first kappa shape index (κ1) is 21.7. The second-order valence-corrected chi connectivity index (χ2v) is 7.14. The molecule has 4 aromatic rings. The van der Waals surface area contributed by atoms with Crippen molar-refractivity contribution in [2.45, 2.75) is 6.42 Å². The van der Waals surface area contributed by atoms with Gasteiger partial charge in [-0.25, -0.2) is 19.0 Å². The van der Waals surface area contributed by atoms with Crippen molar-refractivity contribution in [3.63, 3.8) is 0 Å². The fraction of sp³-hybridized carbons (Fsp3) is 0.0833. The van der Waals surface area contributed by atoms with Crippen molar-refractivity contribution in [1.82, 2.24) is 9.97 Å². The predicted octanol–water partition coefficient (Wildman–Crippen LogP) is 4.50. The van der Waals surface area contributed by atoms with Gasteiger partial charge in [0.1, 0.15) is 17.2 Å². The number of esters is 1. The van der Waals surface area contributed by atoms with E-state index in [4.69, 9.17) is 0 Å².